The summed E-state index contributed by atoms with van der Waals surface area (Å²) in [6.07, 6.45) is 3.97. The first-order chi connectivity index (χ1) is 10.0. The van der Waals surface area contributed by atoms with Gasteiger partial charge >= 0.3 is 0 Å². The van der Waals surface area contributed by atoms with E-state index in [1.165, 1.54) is 0 Å². The van der Waals surface area contributed by atoms with E-state index in [1.54, 1.807) is 30.0 Å². The van der Waals surface area contributed by atoms with E-state index in [0.717, 1.165) is 23.3 Å². The lowest BCUT2D eigenvalue weighted by atomic mass is 10.1. The van der Waals surface area contributed by atoms with Gasteiger partial charge < -0.3 is 0 Å². The molecule has 0 aromatic heterocycles. The molecular formula is C16H19NO2S2. The van der Waals surface area contributed by atoms with E-state index in [1.807, 2.05) is 36.6 Å². The molecule has 0 atom stereocenters. The second kappa shape index (κ2) is 7.00. The first-order valence-corrected chi connectivity index (χ1v) is 9.52. The van der Waals surface area contributed by atoms with Crippen molar-refractivity contribution >= 4 is 27.5 Å². The summed E-state index contributed by atoms with van der Waals surface area (Å²) in [6, 6.07) is 14.4. The zero-order valence-corrected chi connectivity index (χ0v) is 13.8. The number of thioether (sulfide) groups is 1. The van der Waals surface area contributed by atoms with Gasteiger partial charge in [-0.1, -0.05) is 31.5 Å². The van der Waals surface area contributed by atoms with Gasteiger partial charge in [0.05, 0.1) is 4.90 Å². The fourth-order valence-corrected chi connectivity index (χ4v) is 3.53. The third kappa shape index (κ3) is 4.25. The Bertz CT molecular complexity index is 694. The highest BCUT2D eigenvalue weighted by Gasteiger charge is 2.14. The van der Waals surface area contributed by atoms with E-state index >= 15 is 0 Å². The van der Waals surface area contributed by atoms with Crippen molar-refractivity contribution in [2.24, 2.45) is 0 Å². The molecule has 0 amide bonds. The van der Waals surface area contributed by atoms with Crippen LogP contribution in [0.25, 0.3) is 0 Å². The number of hydrogen-bond donors (Lipinski definition) is 1. The highest BCUT2D eigenvalue weighted by molar-refractivity contribution is 7.98. The van der Waals surface area contributed by atoms with Gasteiger partial charge in [0.2, 0.25) is 0 Å². The van der Waals surface area contributed by atoms with Gasteiger partial charge in [-0.15, -0.1) is 11.8 Å². The average Bonchev–Trinajstić information content (AvgIpc) is 2.48. The highest BCUT2D eigenvalue weighted by atomic mass is 32.2. The molecule has 21 heavy (non-hydrogen) atoms. The van der Waals surface area contributed by atoms with Crippen molar-refractivity contribution in [1.82, 2.24) is 0 Å². The summed E-state index contributed by atoms with van der Waals surface area (Å²) in [5.74, 6) is 0. The van der Waals surface area contributed by atoms with Crippen molar-refractivity contribution in [3.63, 3.8) is 0 Å². The molecule has 2 rings (SSSR count). The van der Waals surface area contributed by atoms with Crippen LogP contribution in [0.5, 0.6) is 0 Å². The van der Waals surface area contributed by atoms with Gasteiger partial charge in [-0.25, -0.2) is 8.42 Å². The minimum atomic E-state index is -3.53. The molecule has 0 fully saturated rings. The van der Waals surface area contributed by atoms with E-state index in [4.69, 9.17) is 0 Å². The summed E-state index contributed by atoms with van der Waals surface area (Å²) in [6.45, 7) is 2.10. The van der Waals surface area contributed by atoms with Crippen molar-refractivity contribution in [2.75, 3.05) is 11.0 Å². The molecule has 2 aromatic rings. The van der Waals surface area contributed by atoms with Crippen LogP contribution < -0.4 is 4.72 Å². The number of aryl methyl sites for hydroxylation is 1. The Kier molecular flexibility index (Phi) is 5.31. The Morgan fingerprint density at radius 3 is 2.43 bits per heavy atom. The molecule has 0 unspecified atom stereocenters. The van der Waals surface area contributed by atoms with E-state index in [9.17, 15) is 8.42 Å². The molecule has 1 N–H and O–H groups in total. The molecule has 5 heteroatoms. The second-order valence-electron chi connectivity index (χ2n) is 4.73. The standard InChI is InChI=1S/C16H19NO2S2/c1-3-5-13-8-10-16(11-9-13)21(18,19)17-14-6-4-7-15(12-14)20-2/h4,6-12,17H,3,5H2,1-2H3. The Balaban J connectivity index is 2.21. The minimum absolute atomic E-state index is 0.289. The molecule has 0 aliphatic rings. The smallest absolute Gasteiger partial charge is 0.261 e. The predicted molar refractivity (Wildman–Crippen MR) is 89.5 cm³/mol. The third-order valence-corrected chi connectivity index (χ3v) is 5.22. The van der Waals surface area contributed by atoms with Crippen LogP contribution in [0, 0.1) is 0 Å². The lowest BCUT2D eigenvalue weighted by Crippen LogP contribution is -2.12. The van der Waals surface area contributed by atoms with Gasteiger partial charge in [-0.3, -0.25) is 4.72 Å². The van der Waals surface area contributed by atoms with Crippen LogP contribution in [-0.4, -0.2) is 14.7 Å². The van der Waals surface area contributed by atoms with Crippen molar-refractivity contribution in [2.45, 2.75) is 29.6 Å². The summed E-state index contributed by atoms with van der Waals surface area (Å²) in [4.78, 5) is 1.31. The normalized spacial score (nSPS) is 11.3. The maximum absolute atomic E-state index is 12.4. The van der Waals surface area contributed by atoms with Crippen LogP contribution in [0.3, 0.4) is 0 Å². The van der Waals surface area contributed by atoms with Gasteiger partial charge in [-0.05, 0) is 48.6 Å². The molecule has 2 aromatic carbocycles. The van der Waals surface area contributed by atoms with Crippen molar-refractivity contribution in [3.05, 3.63) is 54.1 Å². The number of sulfonamides is 1. The molecule has 0 aliphatic carbocycles. The number of rotatable bonds is 6. The van der Waals surface area contributed by atoms with Crippen molar-refractivity contribution in [3.8, 4) is 0 Å². The minimum Gasteiger partial charge on any atom is -0.280 e. The van der Waals surface area contributed by atoms with E-state index in [-0.39, 0.29) is 4.90 Å². The molecule has 112 valence electrons. The van der Waals surface area contributed by atoms with Gasteiger partial charge in [0.25, 0.3) is 10.0 Å². The van der Waals surface area contributed by atoms with Crippen molar-refractivity contribution < 1.29 is 8.42 Å². The Labute approximate surface area is 130 Å². The molecule has 3 nitrogen and oxygen atoms in total. The SMILES string of the molecule is CCCc1ccc(S(=O)(=O)Nc2cccc(SC)c2)cc1. The van der Waals surface area contributed by atoms with Crippen LogP contribution in [0.15, 0.2) is 58.3 Å². The van der Waals surface area contributed by atoms with Crippen LogP contribution in [-0.2, 0) is 16.4 Å². The molecule has 0 saturated heterocycles. The lowest BCUT2D eigenvalue weighted by Gasteiger charge is -2.09. The molecule has 0 aliphatic heterocycles. The van der Waals surface area contributed by atoms with Crippen LogP contribution in [0.2, 0.25) is 0 Å². The van der Waals surface area contributed by atoms with E-state index < -0.39 is 10.0 Å². The highest BCUT2D eigenvalue weighted by Crippen LogP contribution is 2.22. The molecular weight excluding hydrogens is 302 g/mol. The lowest BCUT2D eigenvalue weighted by molar-refractivity contribution is 0.601. The number of benzene rings is 2. The first kappa shape index (κ1) is 15.9. The monoisotopic (exact) mass is 321 g/mol. The van der Waals surface area contributed by atoms with E-state index in [2.05, 4.69) is 11.6 Å². The fourth-order valence-electron chi connectivity index (χ4n) is 2.02. The van der Waals surface area contributed by atoms with Crippen LogP contribution in [0.1, 0.15) is 18.9 Å². The molecule has 0 radical (unpaired) electrons. The van der Waals surface area contributed by atoms with Crippen LogP contribution >= 0.6 is 11.8 Å². The van der Waals surface area contributed by atoms with Gasteiger partial charge in [0, 0.05) is 10.6 Å². The summed E-state index contributed by atoms with van der Waals surface area (Å²) in [7, 11) is -3.53. The van der Waals surface area contributed by atoms with Crippen molar-refractivity contribution in [1.29, 1.82) is 0 Å². The summed E-state index contributed by atoms with van der Waals surface area (Å²) in [5.41, 5.74) is 1.74. The van der Waals surface area contributed by atoms with Crippen LogP contribution in [0.4, 0.5) is 5.69 Å². The average molecular weight is 321 g/mol. The molecule has 0 bridgehead atoms. The maximum atomic E-state index is 12.4. The fraction of sp³-hybridized carbons (Fsp3) is 0.250. The third-order valence-electron chi connectivity index (χ3n) is 3.09. The Morgan fingerprint density at radius 1 is 1.10 bits per heavy atom. The predicted octanol–water partition coefficient (Wildman–Crippen LogP) is 4.16. The quantitative estimate of drug-likeness (QED) is 0.813. The Hall–Kier alpha value is -1.46. The zero-order valence-electron chi connectivity index (χ0n) is 12.2. The maximum Gasteiger partial charge on any atom is 0.261 e. The summed E-state index contributed by atoms with van der Waals surface area (Å²) >= 11 is 1.58. The molecule has 0 spiro atoms. The second-order valence-corrected chi connectivity index (χ2v) is 7.29. The largest absolute Gasteiger partial charge is 0.280 e. The summed E-state index contributed by atoms with van der Waals surface area (Å²) in [5, 5.41) is 0. The van der Waals surface area contributed by atoms with Gasteiger partial charge in [-0.2, -0.15) is 0 Å². The zero-order chi connectivity index (χ0) is 15.3. The molecule has 0 saturated carbocycles. The van der Waals surface area contributed by atoms with Gasteiger partial charge in [0.1, 0.15) is 0 Å². The number of nitrogens with one attached hydrogen (secondary N) is 1. The number of anilines is 1. The molecule has 0 heterocycles. The van der Waals surface area contributed by atoms with Gasteiger partial charge in [0.15, 0.2) is 0 Å². The summed E-state index contributed by atoms with van der Waals surface area (Å²) < 4.78 is 27.3. The topological polar surface area (TPSA) is 46.2 Å². The first-order valence-electron chi connectivity index (χ1n) is 6.81. The number of hydrogen-bond acceptors (Lipinski definition) is 3. The van der Waals surface area contributed by atoms with E-state index in [0.29, 0.717) is 5.69 Å². The Morgan fingerprint density at radius 2 is 1.81 bits per heavy atom.